The number of β-lactam (4-membered cyclic amide) rings is 1. The highest BCUT2D eigenvalue weighted by Gasteiger charge is 2.61. The van der Waals surface area contributed by atoms with Crippen LogP contribution in [0.3, 0.4) is 0 Å². The van der Waals surface area contributed by atoms with Gasteiger partial charge >= 0.3 is 5.97 Å². The van der Waals surface area contributed by atoms with Crippen LogP contribution in [0.15, 0.2) is 9.93 Å². The Morgan fingerprint density at radius 1 is 1.59 bits per heavy atom. The van der Waals surface area contributed by atoms with Gasteiger partial charge < -0.3 is 5.11 Å². The second kappa shape index (κ2) is 3.84. The van der Waals surface area contributed by atoms with E-state index in [0.717, 1.165) is 0 Å². The summed E-state index contributed by atoms with van der Waals surface area (Å²) in [4.78, 5) is 24.3. The van der Waals surface area contributed by atoms with Gasteiger partial charge in [0.25, 0.3) is 0 Å². The normalized spacial score (nSPS) is 27.8. The largest absolute Gasteiger partial charge is 0.477 e. The molecule has 0 aromatic rings. The van der Waals surface area contributed by atoms with Gasteiger partial charge in [0.05, 0.1) is 16.2 Å². The standard InChI is InChI=1S/C10H13NO4S2/c1-4-17(15)7-5(6(12)13)11-8(14)10(2,3)9(11)16-7/h9H,4H2,1-3H3,(H,12,13)/t9-,17?/m1/s1. The second-order valence-corrected chi connectivity index (χ2v) is 7.47. The maximum Gasteiger partial charge on any atom is 0.354 e. The number of hydrogen-bond acceptors (Lipinski definition) is 4. The molecule has 17 heavy (non-hydrogen) atoms. The molecule has 2 rings (SSSR count). The summed E-state index contributed by atoms with van der Waals surface area (Å²) >= 11 is 1.24. The van der Waals surface area contributed by atoms with Crippen LogP contribution in [0.4, 0.5) is 0 Å². The Hall–Kier alpha value is -0.820. The molecule has 0 aromatic heterocycles. The van der Waals surface area contributed by atoms with Crippen molar-refractivity contribution in [1.82, 2.24) is 4.90 Å². The van der Waals surface area contributed by atoms with Gasteiger partial charge in [-0.2, -0.15) is 0 Å². The lowest BCUT2D eigenvalue weighted by atomic mass is 9.82. The van der Waals surface area contributed by atoms with Crippen molar-refractivity contribution in [3.63, 3.8) is 0 Å². The molecule has 1 saturated heterocycles. The van der Waals surface area contributed by atoms with Crippen molar-refractivity contribution in [2.24, 2.45) is 5.41 Å². The van der Waals surface area contributed by atoms with Crippen LogP contribution in [0.1, 0.15) is 20.8 Å². The highest BCUT2D eigenvalue weighted by atomic mass is 32.2. The number of thioether (sulfide) groups is 1. The number of nitrogens with zero attached hydrogens (tertiary/aromatic N) is 1. The van der Waals surface area contributed by atoms with E-state index in [4.69, 9.17) is 5.11 Å². The van der Waals surface area contributed by atoms with Crippen molar-refractivity contribution in [1.29, 1.82) is 0 Å². The first-order valence-corrected chi connectivity index (χ1v) is 7.38. The topological polar surface area (TPSA) is 74.7 Å². The smallest absolute Gasteiger partial charge is 0.354 e. The molecule has 0 aliphatic carbocycles. The zero-order valence-corrected chi connectivity index (χ0v) is 11.4. The highest BCUT2D eigenvalue weighted by Crippen LogP contribution is 2.55. The fourth-order valence-electron chi connectivity index (χ4n) is 1.94. The molecule has 7 heteroatoms. The van der Waals surface area contributed by atoms with E-state index >= 15 is 0 Å². The molecule has 0 bridgehead atoms. The number of carboxylic acid groups (broad SMARTS) is 1. The first-order valence-electron chi connectivity index (χ1n) is 5.18. The Morgan fingerprint density at radius 2 is 2.18 bits per heavy atom. The van der Waals surface area contributed by atoms with Gasteiger partial charge in [0.2, 0.25) is 5.91 Å². The van der Waals surface area contributed by atoms with E-state index in [-0.39, 0.29) is 17.0 Å². The van der Waals surface area contributed by atoms with E-state index in [1.165, 1.54) is 16.7 Å². The summed E-state index contributed by atoms with van der Waals surface area (Å²) in [6.07, 6.45) is 0. The van der Waals surface area contributed by atoms with Crippen LogP contribution in [0.5, 0.6) is 0 Å². The van der Waals surface area contributed by atoms with Crippen LogP contribution >= 0.6 is 11.8 Å². The molecular formula is C10H13NO4S2. The molecule has 2 aliphatic heterocycles. The molecule has 0 radical (unpaired) electrons. The van der Waals surface area contributed by atoms with Crippen LogP contribution in [0.25, 0.3) is 0 Å². The molecule has 0 spiro atoms. The van der Waals surface area contributed by atoms with Gasteiger partial charge in [0.1, 0.15) is 9.61 Å². The molecule has 2 atom stereocenters. The third-order valence-electron chi connectivity index (χ3n) is 2.95. The molecule has 2 heterocycles. The van der Waals surface area contributed by atoms with Crippen LogP contribution < -0.4 is 0 Å². The van der Waals surface area contributed by atoms with Gasteiger partial charge in [-0.1, -0.05) is 18.7 Å². The van der Waals surface area contributed by atoms with Gasteiger partial charge in [0, 0.05) is 5.75 Å². The van der Waals surface area contributed by atoms with Crippen LogP contribution in [0, 0.1) is 5.41 Å². The quantitative estimate of drug-likeness (QED) is 0.776. The van der Waals surface area contributed by atoms with Gasteiger partial charge in [-0.15, -0.1) is 0 Å². The number of carbonyl (C=O) groups excluding carboxylic acids is 1. The van der Waals surface area contributed by atoms with Crippen molar-refractivity contribution in [3.05, 3.63) is 9.93 Å². The summed E-state index contributed by atoms with van der Waals surface area (Å²) in [6, 6.07) is 0. The van der Waals surface area contributed by atoms with Crippen LogP contribution in [-0.2, 0) is 20.4 Å². The monoisotopic (exact) mass is 275 g/mol. The number of fused-ring (bicyclic) bond motifs is 1. The minimum Gasteiger partial charge on any atom is -0.477 e. The van der Waals surface area contributed by atoms with E-state index in [1.807, 2.05) is 0 Å². The van der Waals surface area contributed by atoms with E-state index in [0.29, 0.717) is 9.99 Å². The molecule has 5 nitrogen and oxygen atoms in total. The number of aliphatic carboxylic acids is 1. The molecule has 1 unspecified atom stereocenters. The Labute approximate surface area is 106 Å². The minimum atomic E-state index is -1.33. The maximum atomic E-state index is 11.9. The first-order chi connectivity index (χ1) is 7.82. The number of rotatable bonds is 3. The minimum absolute atomic E-state index is 0.0930. The van der Waals surface area contributed by atoms with Crippen molar-refractivity contribution in [2.45, 2.75) is 26.1 Å². The Bertz CT molecular complexity index is 469. The van der Waals surface area contributed by atoms with E-state index in [2.05, 4.69) is 0 Å². The fraction of sp³-hybridized carbons (Fsp3) is 0.600. The summed E-state index contributed by atoms with van der Waals surface area (Å²) in [5.74, 6) is -1.04. The molecule has 94 valence electrons. The maximum absolute atomic E-state index is 11.9. The second-order valence-electron chi connectivity index (χ2n) is 4.44. The number of amides is 1. The summed E-state index contributed by atoms with van der Waals surface area (Å²) < 4.78 is 12.1. The number of hydrogen-bond donors (Lipinski definition) is 1. The van der Waals surface area contributed by atoms with Gasteiger partial charge in [-0.05, 0) is 13.8 Å². The number of carboxylic acids is 1. The Morgan fingerprint density at radius 3 is 2.65 bits per heavy atom. The third kappa shape index (κ3) is 1.55. The zero-order valence-electron chi connectivity index (χ0n) is 9.72. The van der Waals surface area contributed by atoms with E-state index in [1.54, 1.807) is 20.8 Å². The average molecular weight is 275 g/mol. The van der Waals surface area contributed by atoms with Crippen molar-refractivity contribution in [3.8, 4) is 0 Å². The van der Waals surface area contributed by atoms with E-state index < -0.39 is 22.2 Å². The lowest BCUT2D eigenvalue weighted by Crippen LogP contribution is -2.62. The van der Waals surface area contributed by atoms with E-state index in [9.17, 15) is 13.8 Å². The molecular weight excluding hydrogens is 262 g/mol. The lowest BCUT2D eigenvalue weighted by molar-refractivity contribution is -0.159. The molecule has 0 aromatic carbocycles. The summed E-state index contributed by atoms with van der Waals surface area (Å²) in [7, 11) is -1.33. The Kier molecular flexibility index (Phi) is 2.86. The SMILES string of the molecule is CCS(=O)C1=C(C(=O)O)N2C(=O)C(C)(C)[C@H]2S1. The predicted molar refractivity (Wildman–Crippen MR) is 65.4 cm³/mol. The summed E-state index contributed by atoms with van der Waals surface area (Å²) in [5, 5.41) is 8.91. The van der Waals surface area contributed by atoms with Gasteiger partial charge in [-0.25, -0.2) is 4.79 Å². The lowest BCUT2D eigenvalue weighted by Gasteiger charge is -2.48. The molecule has 1 amide bonds. The van der Waals surface area contributed by atoms with Gasteiger partial charge in [0.15, 0.2) is 5.70 Å². The molecule has 2 aliphatic rings. The molecule has 1 fully saturated rings. The van der Waals surface area contributed by atoms with Gasteiger partial charge in [-0.3, -0.25) is 13.9 Å². The molecule has 1 N–H and O–H groups in total. The fourth-order valence-corrected chi connectivity index (χ4v) is 4.86. The predicted octanol–water partition coefficient (Wildman–Crippen LogP) is 0.950. The highest BCUT2D eigenvalue weighted by molar-refractivity contribution is 8.17. The average Bonchev–Trinajstić information content (AvgIpc) is 2.65. The van der Waals surface area contributed by atoms with Crippen LogP contribution in [-0.4, -0.2) is 37.2 Å². The summed E-state index contributed by atoms with van der Waals surface area (Å²) in [6.45, 7) is 5.28. The van der Waals surface area contributed by atoms with Crippen molar-refractivity contribution in [2.75, 3.05) is 5.75 Å². The van der Waals surface area contributed by atoms with Crippen molar-refractivity contribution >= 4 is 34.4 Å². The Balaban J connectivity index is 2.43. The first kappa shape index (κ1) is 12.6. The van der Waals surface area contributed by atoms with Crippen molar-refractivity contribution < 1.29 is 18.9 Å². The number of carbonyl (C=O) groups is 2. The van der Waals surface area contributed by atoms with Crippen LogP contribution in [0.2, 0.25) is 0 Å². The summed E-state index contributed by atoms with van der Waals surface area (Å²) in [5.41, 5.74) is -0.671. The third-order valence-corrected chi connectivity index (χ3v) is 6.35. The molecule has 0 saturated carbocycles. The zero-order chi connectivity index (χ0) is 13.0.